The number of nitro benzene ring substituents is 1. The lowest BCUT2D eigenvalue weighted by Crippen LogP contribution is -2.61. The summed E-state index contributed by atoms with van der Waals surface area (Å²) < 4.78 is 1.21. The number of para-hydroxylation sites is 2. The number of nitro groups is 1. The van der Waals surface area contributed by atoms with E-state index in [-0.39, 0.29) is 10.6 Å². The Hall–Kier alpha value is -1.62. The zero-order valence-electron chi connectivity index (χ0n) is 13.3. The van der Waals surface area contributed by atoms with Gasteiger partial charge in [0.25, 0.3) is 5.69 Å². The number of hydrogen-bond acceptors (Lipinski definition) is 3. The molecule has 2 aliphatic heterocycles. The molecule has 0 radical (unpaired) electrons. The molecule has 1 aromatic carbocycles. The quantitative estimate of drug-likeness (QED) is 0.527. The minimum absolute atomic E-state index is 0.180. The first kappa shape index (κ1) is 15.3. The molecular formula is C17H26N3O2+. The van der Waals surface area contributed by atoms with Gasteiger partial charge in [-0.05, 0) is 38.2 Å². The Balaban J connectivity index is 1.69. The second-order valence-electron chi connectivity index (χ2n) is 7.05. The summed E-state index contributed by atoms with van der Waals surface area (Å²) in [6.45, 7) is 3.45. The van der Waals surface area contributed by atoms with E-state index in [2.05, 4.69) is 12.4 Å². The third kappa shape index (κ3) is 2.95. The number of anilines is 1. The van der Waals surface area contributed by atoms with Gasteiger partial charge in [-0.15, -0.1) is 0 Å². The molecule has 2 saturated heterocycles. The van der Waals surface area contributed by atoms with Gasteiger partial charge in [-0.3, -0.25) is 10.1 Å². The predicted octanol–water partition coefficient (Wildman–Crippen LogP) is 3.42. The first-order chi connectivity index (χ1) is 10.6. The fraction of sp³-hybridized carbons (Fsp3) is 0.647. The van der Waals surface area contributed by atoms with E-state index >= 15 is 0 Å². The Bertz CT molecular complexity index is 544. The number of piperidine rings is 2. The van der Waals surface area contributed by atoms with Crippen LogP contribution < -0.4 is 5.32 Å². The molecule has 2 aliphatic rings. The van der Waals surface area contributed by atoms with Gasteiger partial charge in [0, 0.05) is 18.5 Å². The summed E-state index contributed by atoms with van der Waals surface area (Å²) >= 11 is 0. The van der Waals surface area contributed by atoms with Crippen molar-refractivity contribution in [2.45, 2.75) is 38.1 Å². The third-order valence-corrected chi connectivity index (χ3v) is 5.66. The molecule has 0 bridgehead atoms. The molecular weight excluding hydrogens is 278 g/mol. The van der Waals surface area contributed by atoms with Gasteiger partial charge >= 0.3 is 0 Å². The Morgan fingerprint density at radius 2 is 2.00 bits per heavy atom. The molecule has 2 fully saturated rings. The second kappa shape index (κ2) is 6.24. The van der Waals surface area contributed by atoms with Crippen LogP contribution in [0, 0.1) is 16.0 Å². The molecule has 22 heavy (non-hydrogen) atoms. The summed E-state index contributed by atoms with van der Waals surface area (Å²) in [7, 11) is 2.40. The van der Waals surface area contributed by atoms with Crippen LogP contribution in [0.3, 0.4) is 0 Å². The monoisotopic (exact) mass is 304 g/mol. The van der Waals surface area contributed by atoms with E-state index in [9.17, 15) is 10.1 Å². The highest BCUT2D eigenvalue weighted by Crippen LogP contribution is 2.36. The summed E-state index contributed by atoms with van der Waals surface area (Å²) in [4.78, 5) is 10.8. The number of nitrogens with zero attached hydrogens (tertiary/aromatic N) is 2. The summed E-state index contributed by atoms with van der Waals surface area (Å²) in [6, 6.07) is 7.69. The maximum Gasteiger partial charge on any atom is 0.292 e. The fourth-order valence-electron chi connectivity index (χ4n) is 4.49. The van der Waals surface area contributed by atoms with Crippen molar-refractivity contribution < 1.29 is 9.41 Å². The molecule has 120 valence electrons. The summed E-state index contributed by atoms with van der Waals surface area (Å²) in [5.74, 6) is 0.624. The predicted molar refractivity (Wildman–Crippen MR) is 87.9 cm³/mol. The number of quaternary nitrogens is 1. The molecule has 1 aromatic rings. The third-order valence-electron chi connectivity index (χ3n) is 5.66. The van der Waals surface area contributed by atoms with Gasteiger partial charge in [-0.2, -0.15) is 0 Å². The number of benzene rings is 1. The van der Waals surface area contributed by atoms with Crippen molar-refractivity contribution in [1.82, 2.24) is 0 Å². The van der Waals surface area contributed by atoms with Crippen LogP contribution in [-0.2, 0) is 0 Å². The highest BCUT2D eigenvalue weighted by Gasteiger charge is 2.43. The second-order valence-corrected chi connectivity index (χ2v) is 7.05. The van der Waals surface area contributed by atoms with Crippen LogP contribution in [0.5, 0.6) is 0 Å². The molecule has 0 aliphatic carbocycles. The molecule has 0 saturated carbocycles. The van der Waals surface area contributed by atoms with Crippen molar-refractivity contribution in [2.75, 3.05) is 32.0 Å². The van der Waals surface area contributed by atoms with Crippen LogP contribution in [0.4, 0.5) is 11.4 Å². The molecule has 0 spiro atoms. The molecule has 3 atom stereocenters. The maximum atomic E-state index is 11.1. The lowest BCUT2D eigenvalue weighted by atomic mass is 9.81. The normalized spacial score (nSPS) is 31.3. The molecule has 5 heteroatoms. The van der Waals surface area contributed by atoms with Crippen LogP contribution in [0.25, 0.3) is 0 Å². The maximum absolute atomic E-state index is 11.1. The summed E-state index contributed by atoms with van der Waals surface area (Å²) in [6.07, 6.45) is 6.50. The zero-order chi connectivity index (χ0) is 15.6. The van der Waals surface area contributed by atoms with E-state index in [1.807, 2.05) is 12.1 Å². The van der Waals surface area contributed by atoms with Gasteiger partial charge in [0.1, 0.15) is 5.69 Å². The van der Waals surface area contributed by atoms with Crippen LogP contribution in [0.2, 0.25) is 0 Å². The summed E-state index contributed by atoms with van der Waals surface area (Å²) in [5.41, 5.74) is 0.835. The van der Waals surface area contributed by atoms with Crippen LogP contribution in [0.15, 0.2) is 24.3 Å². The van der Waals surface area contributed by atoms with Gasteiger partial charge in [0.05, 0.1) is 31.1 Å². The molecule has 0 amide bonds. The molecule has 3 rings (SSSR count). The average molecular weight is 304 g/mol. The molecule has 2 heterocycles. The average Bonchev–Trinajstić information content (AvgIpc) is 2.52. The van der Waals surface area contributed by atoms with Crippen molar-refractivity contribution in [2.24, 2.45) is 5.92 Å². The molecule has 1 N–H and O–H groups in total. The highest BCUT2D eigenvalue weighted by atomic mass is 16.6. The lowest BCUT2D eigenvalue weighted by Gasteiger charge is -2.51. The number of nitrogens with one attached hydrogen (secondary N) is 1. The summed E-state index contributed by atoms with van der Waals surface area (Å²) in [5, 5.41) is 14.5. The standard InChI is InChI=1S/C17H26N3O2/c1-20-11-5-4-10-17(20)14(7-6-12-20)13-18-15-8-2-3-9-16(15)19(21)22/h2-3,8-9,14,17-18H,4-7,10-13H2,1H3/q+1. The van der Waals surface area contributed by atoms with Crippen LogP contribution in [-0.4, -0.2) is 42.1 Å². The Labute approximate surface area is 132 Å². The minimum atomic E-state index is -0.302. The first-order valence-electron chi connectivity index (χ1n) is 8.42. The van der Waals surface area contributed by atoms with Gasteiger partial charge in [0.2, 0.25) is 0 Å². The topological polar surface area (TPSA) is 55.2 Å². The number of fused-ring (bicyclic) bond motifs is 1. The van der Waals surface area contributed by atoms with Gasteiger partial charge in [-0.1, -0.05) is 12.1 Å². The van der Waals surface area contributed by atoms with E-state index in [0.717, 1.165) is 12.6 Å². The van der Waals surface area contributed by atoms with E-state index in [4.69, 9.17) is 0 Å². The van der Waals surface area contributed by atoms with Crippen molar-refractivity contribution in [1.29, 1.82) is 0 Å². The highest BCUT2D eigenvalue weighted by molar-refractivity contribution is 5.61. The Morgan fingerprint density at radius 1 is 1.23 bits per heavy atom. The minimum Gasteiger partial charge on any atom is -0.379 e. The van der Waals surface area contributed by atoms with Crippen molar-refractivity contribution in [3.8, 4) is 0 Å². The van der Waals surface area contributed by atoms with E-state index < -0.39 is 0 Å². The number of rotatable bonds is 4. The first-order valence-corrected chi connectivity index (χ1v) is 8.42. The van der Waals surface area contributed by atoms with Crippen molar-refractivity contribution >= 4 is 11.4 Å². The fourth-order valence-corrected chi connectivity index (χ4v) is 4.49. The Kier molecular flexibility index (Phi) is 4.34. The van der Waals surface area contributed by atoms with Crippen molar-refractivity contribution in [3.63, 3.8) is 0 Å². The molecule has 0 aromatic heterocycles. The Morgan fingerprint density at radius 3 is 2.82 bits per heavy atom. The van der Waals surface area contributed by atoms with Gasteiger partial charge < -0.3 is 9.80 Å². The SMILES string of the molecule is C[N+]12CCCCC1C(CNc1ccccc1[N+](=O)[O-])CCC2. The molecule has 3 unspecified atom stereocenters. The van der Waals surface area contributed by atoms with Crippen LogP contribution >= 0.6 is 0 Å². The van der Waals surface area contributed by atoms with Gasteiger partial charge in [0.15, 0.2) is 0 Å². The smallest absolute Gasteiger partial charge is 0.292 e. The van der Waals surface area contributed by atoms with E-state index in [1.165, 1.54) is 49.7 Å². The van der Waals surface area contributed by atoms with Crippen molar-refractivity contribution in [3.05, 3.63) is 34.4 Å². The van der Waals surface area contributed by atoms with E-state index in [1.54, 1.807) is 12.1 Å². The van der Waals surface area contributed by atoms with E-state index in [0.29, 0.717) is 11.6 Å². The zero-order valence-corrected chi connectivity index (χ0v) is 13.3. The lowest BCUT2D eigenvalue weighted by molar-refractivity contribution is -0.946. The van der Waals surface area contributed by atoms with Crippen LogP contribution in [0.1, 0.15) is 32.1 Å². The van der Waals surface area contributed by atoms with Gasteiger partial charge in [-0.25, -0.2) is 0 Å². The molecule has 5 nitrogen and oxygen atoms in total. The number of hydrogen-bond donors (Lipinski definition) is 1. The largest absolute Gasteiger partial charge is 0.379 e.